The van der Waals surface area contributed by atoms with Crippen LogP contribution in [0.1, 0.15) is 11.1 Å². The number of halogens is 1. The van der Waals surface area contributed by atoms with Gasteiger partial charge in [-0.2, -0.15) is 4.57 Å². The fraction of sp³-hybridized carbons (Fsp3) is 0.105. The third kappa shape index (κ3) is 3.55. The van der Waals surface area contributed by atoms with Gasteiger partial charge in [-0.25, -0.2) is 0 Å². The van der Waals surface area contributed by atoms with Crippen LogP contribution in [0.3, 0.4) is 0 Å². The minimum Gasteiger partial charge on any atom is -1.00 e. The number of nitrogens with zero attached hydrogens (tertiary/aromatic N) is 1. The highest BCUT2D eigenvalue weighted by Crippen LogP contribution is 2.25. The van der Waals surface area contributed by atoms with Gasteiger partial charge < -0.3 is 22.1 Å². The fourth-order valence-corrected chi connectivity index (χ4v) is 2.48. The van der Waals surface area contributed by atoms with E-state index in [0.29, 0.717) is 5.75 Å². The number of benzene rings is 2. The molecule has 0 aliphatic rings. The van der Waals surface area contributed by atoms with Crippen molar-refractivity contribution < 1.29 is 26.7 Å². The monoisotopic (exact) mass is 355 g/mol. The van der Waals surface area contributed by atoms with Gasteiger partial charge in [-0.05, 0) is 25.1 Å². The molecule has 1 aromatic heterocycles. The number of aromatic nitrogens is 1. The second kappa shape index (κ2) is 7.23. The molecule has 112 valence electrons. The summed E-state index contributed by atoms with van der Waals surface area (Å²) in [5, 5.41) is 10.3. The maximum Gasteiger partial charge on any atom is 0.254 e. The van der Waals surface area contributed by atoms with Crippen LogP contribution >= 0.6 is 0 Å². The topological polar surface area (TPSA) is 24.1 Å². The average Bonchev–Trinajstić information content (AvgIpc) is 2.50. The van der Waals surface area contributed by atoms with Crippen LogP contribution in [0.15, 0.2) is 72.9 Å². The zero-order valence-electron chi connectivity index (χ0n) is 12.4. The van der Waals surface area contributed by atoms with Crippen molar-refractivity contribution in [3.8, 4) is 17.0 Å². The summed E-state index contributed by atoms with van der Waals surface area (Å²) in [5.74, 6) is 0.303. The van der Waals surface area contributed by atoms with Gasteiger partial charge in [0.25, 0.3) is 5.69 Å². The van der Waals surface area contributed by atoms with E-state index in [1.807, 2.05) is 42.6 Å². The summed E-state index contributed by atoms with van der Waals surface area (Å²) in [6.07, 6.45) is 2.00. The molecule has 0 amide bonds. The van der Waals surface area contributed by atoms with Crippen molar-refractivity contribution in [3.63, 3.8) is 0 Å². The van der Waals surface area contributed by atoms with Crippen LogP contribution < -0.4 is 21.5 Å². The van der Waals surface area contributed by atoms with E-state index in [1.165, 1.54) is 11.1 Å². The highest BCUT2D eigenvalue weighted by atomic mass is 79.9. The fourth-order valence-electron chi connectivity index (χ4n) is 2.48. The quantitative estimate of drug-likeness (QED) is 0.687. The van der Waals surface area contributed by atoms with Gasteiger partial charge in [0.05, 0.1) is 5.56 Å². The van der Waals surface area contributed by atoms with Crippen LogP contribution in [-0.2, 0) is 6.54 Å². The van der Waals surface area contributed by atoms with E-state index in [4.69, 9.17) is 0 Å². The van der Waals surface area contributed by atoms with Gasteiger partial charge in [-0.1, -0.05) is 48.0 Å². The molecule has 3 rings (SSSR count). The smallest absolute Gasteiger partial charge is 0.254 e. The lowest BCUT2D eigenvalue weighted by atomic mass is 10.1. The Morgan fingerprint density at radius 3 is 2.23 bits per heavy atom. The summed E-state index contributed by atoms with van der Waals surface area (Å²) in [4.78, 5) is 0. The van der Waals surface area contributed by atoms with Crippen LogP contribution in [0.4, 0.5) is 0 Å². The zero-order chi connectivity index (χ0) is 14.7. The Labute approximate surface area is 141 Å². The lowest BCUT2D eigenvalue weighted by molar-refractivity contribution is -0.677. The summed E-state index contributed by atoms with van der Waals surface area (Å²) in [5.41, 5.74) is 4.29. The molecule has 0 fully saturated rings. The summed E-state index contributed by atoms with van der Waals surface area (Å²) >= 11 is 0. The maximum atomic E-state index is 10.3. The van der Waals surface area contributed by atoms with Crippen LogP contribution in [0.5, 0.6) is 5.75 Å². The number of pyridine rings is 1. The normalized spacial score (nSPS) is 10.0. The molecular weight excluding hydrogens is 338 g/mol. The Bertz CT molecular complexity index is 739. The first-order valence-corrected chi connectivity index (χ1v) is 7.06. The molecule has 1 heterocycles. The summed E-state index contributed by atoms with van der Waals surface area (Å²) in [7, 11) is 0. The Balaban J connectivity index is 0.00000176. The maximum absolute atomic E-state index is 10.3. The van der Waals surface area contributed by atoms with E-state index in [2.05, 4.69) is 35.8 Å². The number of aryl methyl sites for hydroxylation is 1. The molecule has 0 saturated carbocycles. The van der Waals surface area contributed by atoms with E-state index in [1.54, 1.807) is 6.07 Å². The molecule has 3 heteroatoms. The SMILES string of the molecule is Cc1ccc(-c2c(O)ccc[n+]2Cc2ccccc2)cc1.[Br-]. The molecule has 0 bridgehead atoms. The molecule has 0 aliphatic carbocycles. The van der Waals surface area contributed by atoms with Crippen LogP contribution in [-0.4, -0.2) is 5.11 Å². The molecule has 1 N–H and O–H groups in total. The second-order valence-corrected chi connectivity index (χ2v) is 5.22. The average molecular weight is 356 g/mol. The van der Waals surface area contributed by atoms with Crippen molar-refractivity contribution in [2.24, 2.45) is 0 Å². The Hall–Kier alpha value is -2.13. The van der Waals surface area contributed by atoms with Crippen molar-refractivity contribution in [1.82, 2.24) is 0 Å². The molecule has 0 aliphatic heterocycles. The second-order valence-electron chi connectivity index (χ2n) is 5.22. The third-order valence-electron chi connectivity index (χ3n) is 3.57. The Kier molecular flexibility index (Phi) is 5.34. The number of aromatic hydroxyl groups is 1. The predicted octanol–water partition coefficient (Wildman–Crippen LogP) is 0.707. The van der Waals surface area contributed by atoms with Crippen LogP contribution in [0.2, 0.25) is 0 Å². The van der Waals surface area contributed by atoms with Crippen LogP contribution in [0.25, 0.3) is 11.3 Å². The molecule has 0 unspecified atom stereocenters. The molecule has 2 nitrogen and oxygen atoms in total. The number of rotatable bonds is 3. The van der Waals surface area contributed by atoms with Gasteiger partial charge in [0, 0.05) is 11.6 Å². The minimum absolute atomic E-state index is 0. The van der Waals surface area contributed by atoms with Gasteiger partial charge in [0.1, 0.15) is 0 Å². The van der Waals surface area contributed by atoms with E-state index in [-0.39, 0.29) is 17.0 Å². The minimum atomic E-state index is 0. The molecule has 0 atom stereocenters. The predicted molar refractivity (Wildman–Crippen MR) is 84.0 cm³/mol. The first kappa shape index (κ1) is 16.2. The van der Waals surface area contributed by atoms with Crippen molar-refractivity contribution in [1.29, 1.82) is 0 Å². The molecular formula is C19H18BrNO. The highest BCUT2D eigenvalue weighted by Gasteiger charge is 2.18. The summed E-state index contributed by atoms with van der Waals surface area (Å²) < 4.78 is 2.08. The van der Waals surface area contributed by atoms with Gasteiger partial charge in [0.15, 0.2) is 18.5 Å². The summed E-state index contributed by atoms with van der Waals surface area (Å²) in [6, 6.07) is 22.1. The lowest BCUT2D eigenvalue weighted by Gasteiger charge is -2.06. The van der Waals surface area contributed by atoms with Crippen molar-refractivity contribution in [3.05, 3.63) is 84.1 Å². The Morgan fingerprint density at radius 2 is 1.55 bits per heavy atom. The molecule has 0 spiro atoms. The standard InChI is InChI=1S/C19H17NO.BrH/c1-15-9-11-17(12-10-15)19-18(21)8-5-13-20(19)14-16-6-3-2-4-7-16;/h2-13H,14H2,1H3;1H. The van der Waals surface area contributed by atoms with Crippen molar-refractivity contribution >= 4 is 0 Å². The molecule has 0 radical (unpaired) electrons. The zero-order valence-corrected chi connectivity index (χ0v) is 14.0. The number of hydrogen-bond acceptors (Lipinski definition) is 1. The first-order valence-electron chi connectivity index (χ1n) is 7.06. The van der Waals surface area contributed by atoms with E-state index < -0.39 is 0 Å². The van der Waals surface area contributed by atoms with E-state index in [9.17, 15) is 5.11 Å². The number of hydrogen-bond donors (Lipinski definition) is 1. The molecule has 0 saturated heterocycles. The highest BCUT2D eigenvalue weighted by molar-refractivity contribution is 5.62. The van der Waals surface area contributed by atoms with Gasteiger partial charge in [-0.3, -0.25) is 0 Å². The van der Waals surface area contributed by atoms with Crippen LogP contribution in [0, 0.1) is 6.92 Å². The van der Waals surface area contributed by atoms with Gasteiger partial charge >= 0.3 is 0 Å². The van der Waals surface area contributed by atoms with Gasteiger partial charge in [-0.15, -0.1) is 0 Å². The van der Waals surface area contributed by atoms with E-state index >= 15 is 0 Å². The molecule has 3 aromatic rings. The summed E-state index contributed by atoms with van der Waals surface area (Å²) in [6.45, 7) is 2.80. The third-order valence-corrected chi connectivity index (χ3v) is 3.57. The molecule has 2 aromatic carbocycles. The first-order chi connectivity index (χ1) is 10.2. The van der Waals surface area contributed by atoms with Gasteiger partial charge in [0.2, 0.25) is 0 Å². The Morgan fingerprint density at radius 1 is 0.864 bits per heavy atom. The van der Waals surface area contributed by atoms with E-state index in [0.717, 1.165) is 17.8 Å². The largest absolute Gasteiger partial charge is 1.00 e. The van der Waals surface area contributed by atoms with Crippen molar-refractivity contribution in [2.75, 3.05) is 0 Å². The lowest BCUT2D eigenvalue weighted by Crippen LogP contribution is -3.00. The van der Waals surface area contributed by atoms with Crippen molar-refractivity contribution in [2.45, 2.75) is 13.5 Å². The molecule has 22 heavy (non-hydrogen) atoms.